The molecule has 0 saturated heterocycles. The lowest BCUT2D eigenvalue weighted by Crippen LogP contribution is -2.48. The largest absolute Gasteiger partial charge is 0.532 e. The van der Waals surface area contributed by atoms with Gasteiger partial charge in [0.25, 0.3) is 0 Å². The summed E-state index contributed by atoms with van der Waals surface area (Å²) in [5.74, 6) is 0.936. The van der Waals surface area contributed by atoms with Crippen molar-refractivity contribution in [2.45, 2.75) is 39.4 Å². The Morgan fingerprint density at radius 3 is 1.73 bits per heavy atom. The molecule has 3 aromatic carbocycles. The van der Waals surface area contributed by atoms with Crippen molar-refractivity contribution in [1.29, 1.82) is 0 Å². The van der Waals surface area contributed by atoms with Crippen molar-refractivity contribution in [2.75, 3.05) is 14.2 Å². The van der Waals surface area contributed by atoms with Crippen molar-refractivity contribution in [3.8, 4) is 5.75 Å². The van der Waals surface area contributed by atoms with E-state index < -0.39 is 9.04 Å². The fraction of sp³-hybridized carbons (Fsp3) is 0.308. The molecule has 0 aromatic heterocycles. The van der Waals surface area contributed by atoms with Crippen molar-refractivity contribution < 1.29 is 13.9 Å². The molecule has 0 bridgehead atoms. The third-order valence-electron chi connectivity index (χ3n) is 4.92. The van der Waals surface area contributed by atoms with E-state index in [0.29, 0.717) is 13.2 Å². The summed E-state index contributed by atoms with van der Waals surface area (Å²) >= 11 is 0. The molecule has 0 aliphatic rings. The Morgan fingerprint density at radius 1 is 0.733 bits per heavy atom. The van der Waals surface area contributed by atoms with Gasteiger partial charge in [0.1, 0.15) is 5.75 Å². The first-order valence-corrected chi connectivity index (χ1v) is 11.6. The van der Waals surface area contributed by atoms with E-state index in [1.54, 1.807) is 14.2 Å². The highest BCUT2D eigenvalue weighted by atomic mass is 28.3. The first-order valence-electron chi connectivity index (χ1n) is 10.2. The molecule has 0 N–H and O–H groups in total. The zero-order chi connectivity index (χ0) is 21.6. The highest BCUT2D eigenvalue weighted by Crippen LogP contribution is 2.36. The van der Waals surface area contributed by atoms with Crippen LogP contribution >= 0.6 is 0 Å². The lowest BCUT2D eigenvalue weighted by Gasteiger charge is -2.29. The third-order valence-corrected chi connectivity index (χ3v) is 7.04. The molecule has 157 valence electrons. The van der Waals surface area contributed by atoms with E-state index >= 15 is 0 Å². The highest BCUT2D eigenvalue weighted by molar-refractivity contribution is 6.80. The second kappa shape index (κ2) is 10.1. The molecule has 0 aliphatic heterocycles. The zero-order valence-electron chi connectivity index (χ0n) is 18.6. The molecule has 0 amide bonds. The Bertz CT molecular complexity index is 894. The summed E-state index contributed by atoms with van der Waals surface area (Å²) in [5.41, 5.74) is 3.29. The highest BCUT2D eigenvalue weighted by Gasteiger charge is 2.28. The lowest BCUT2D eigenvalue weighted by molar-refractivity contribution is 0.178. The van der Waals surface area contributed by atoms with Gasteiger partial charge in [-0.25, -0.2) is 0 Å². The van der Waals surface area contributed by atoms with Crippen LogP contribution in [0.15, 0.2) is 72.8 Å². The van der Waals surface area contributed by atoms with E-state index in [1.807, 2.05) is 12.1 Å². The summed E-state index contributed by atoms with van der Waals surface area (Å²) in [6.07, 6.45) is 0. The molecule has 0 fully saturated rings. The minimum absolute atomic E-state index is 0.0814. The van der Waals surface area contributed by atoms with Gasteiger partial charge in [-0.3, -0.25) is 0 Å². The van der Waals surface area contributed by atoms with Gasteiger partial charge in [0, 0.05) is 19.8 Å². The SMILES string of the molecule is COCc1cc(COC)c(O[Si](c2ccccc2)c2ccccc2)c(C(C)(C)C)c1. The zero-order valence-corrected chi connectivity index (χ0v) is 19.6. The van der Waals surface area contributed by atoms with Crippen molar-refractivity contribution in [3.63, 3.8) is 0 Å². The maximum absolute atomic E-state index is 6.94. The van der Waals surface area contributed by atoms with Crippen molar-refractivity contribution in [3.05, 3.63) is 89.5 Å². The number of methoxy groups -OCH3 is 2. The summed E-state index contributed by atoms with van der Waals surface area (Å²) in [5, 5.41) is 2.44. The van der Waals surface area contributed by atoms with Gasteiger partial charge in [-0.05, 0) is 39.0 Å². The van der Waals surface area contributed by atoms with Gasteiger partial charge >= 0.3 is 9.04 Å². The van der Waals surface area contributed by atoms with Crippen LogP contribution in [0.2, 0.25) is 0 Å². The van der Waals surface area contributed by atoms with E-state index in [-0.39, 0.29) is 5.41 Å². The number of hydrogen-bond acceptors (Lipinski definition) is 3. The molecule has 0 unspecified atom stereocenters. The van der Waals surface area contributed by atoms with Gasteiger partial charge in [-0.15, -0.1) is 0 Å². The normalized spacial score (nSPS) is 11.7. The third kappa shape index (κ3) is 5.39. The van der Waals surface area contributed by atoms with Crippen LogP contribution < -0.4 is 14.8 Å². The summed E-state index contributed by atoms with van der Waals surface area (Å²) in [6, 6.07) is 25.4. The summed E-state index contributed by atoms with van der Waals surface area (Å²) in [6.45, 7) is 7.73. The molecule has 0 heterocycles. The van der Waals surface area contributed by atoms with E-state index in [1.165, 1.54) is 15.9 Å². The number of rotatable bonds is 8. The van der Waals surface area contributed by atoms with E-state index in [2.05, 4.69) is 81.4 Å². The molecule has 0 atom stereocenters. The number of ether oxygens (including phenoxy) is 2. The second-order valence-electron chi connectivity index (χ2n) is 8.41. The maximum atomic E-state index is 6.94. The van der Waals surface area contributed by atoms with Crippen molar-refractivity contribution >= 4 is 19.4 Å². The molecule has 0 saturated carbocycles. The van der Waals surface area contributed by atoms with Gasteiger partial charge in [-0.2, -0.15) is 0 Å². The van der Waals surface area contributed by atoms with Crippen molar-refractivity contribution in [2.24, 2.45) is 0 Å². The van der Waals surface area contributed by atoms with Gasteiger partial charge in [0.2, 0.25) is 0 Å². The molecule has 30 heavy (non-hydrogen) atoms. The predicted octanol–water partition coefficient (Wildman–Crippen LogP) is 4.46. The molecule has 0 spiro atoms. The predicted molar refractivity (Wildman–Crippen MR) is 125 cm³/mol. The first-order chi connectivity index (χ1) is 14.4. The Morgan fingerprint density at radius 2 is 1.27 bits per heavy atom. The minimum atomic E-state index is -1.49. The lowest BCUT2D eigenvalue weighted by atomic mass is 9.84. The van der Waals surface area contributed by atoms with Gasteiger partial charge in [0.15, 0.2) is 0 Å². The monoisotopic (exact) mass is 419 g/mol. The van der Waals surface area contributed by atoms with E-state index in [9.17, 15) is 0 Å². The minimum Gasteiger partial charge on any atom is -0.532 e. The van der Waals surface area contributed by atoms with Crippen LogP contribution in [0.5, 0.6) is 5.75 Å². The van der Waals surface area contributed by atoms with Crippen LogP contribution in [-0.4, -0.2) is 23.3 Å². The Balaban J connectivity index is 2.16. The quantitative estimate of drug-likeness (QED) is 0.505. The molecule has 3 nitrogen and oxygen atoms in total. The second-order valence-corrected chi connectivity index (χ2v) is 10.4. The van der Waals surface area contributed by atoms with Gasteiger partial charge in [0.05, 0.1) is 13.2 Å². The Labute approximate surface area is 182 Å². The molecule has 1 radical (unpaired) electrons. The fourth-order valence-electron chi connectivity index (χ4n) is 3.51. The number of benzene rings is 3. The van der Waals surface area contributed by atoms with Crippen LogP contribution in [0.1, 0.15) is 37.5 Å². The average molecular weight is 420 g/mol. The molecular formula is C26H31O3Si. The topological polar surface area (TPSA) is 27.7 Å². The van der Waals surface area contributed by atoms with Crippen LogP contribution in [0.25, 0.3) is 0 Å². The molecule has 0 aliphatic carbocycles. The van der Waals surface area contributed by atoms with Gasteiger partial charge in [-0.1, -0.05) is 81.4 Å². The molecular weight excluding hydrogens is 388 g/mol. The van der Waals surface area contributed by atoms with E-state index in [4.69, 9.17) is 13.9 Å². The average Bonchev–Trinajstić information content (AvgIpc) is 2.74. The molecule has 3 aromatic rings. The smallest absolute Gasteiger partial charge is 0.352 e. The van der Waals surface area contributed by atoms with Crippen LogP contribution in [-0.2, 0) is 28.1 Å². The summed E-state index contributed by atoms with van der Waals surface area (Å²) in [4.78, 5) is 0. The van der Waals surface area contributed by atoms with E-state index in [0.717, 1.165) is 16.9 Å². The van der Waals surface area contributed by atoms with Crippen molar-refractivity contribution in [1.82, 2.24) is 0 Å². The Hall–Kier alpha value is -2.40. The van der Waals surface area contributed by atoms with Crippen LogP contribution in [0, 0.1) is 0 Å². The number of hydrogen-bond donors (Lipinski definition) is 0. The Kier molecular flexibility index (Phi) is 7.48. The van der Waals surface area contributed by atoms with Crippen LogP contribution in [0.3, 0.4) is 0 Å². The standard InChI is InChI=1S/C26H31O3Si/c1-26(2,3)24-17-20(18-27-4)16-21(19-28-5)25(24)29-30(22-12-8-6-9-13-22)23-14-10-7-11-15-23/h6-17H,18-19H2,1-5H3. The molecule has 3 rings (SSSR count). The van der Waals surface area contributed by atoms with Crippen LogP contribution in [0.4, 0.5) is 0 Å². The summed E-state index contributed by atoms with van der Waals surface area (Å²) < 4.78 is 17.9. The fourth-order valence-corrected chi connectivity index (χ4v) is 5.52. The maximum Gasteiger partial charge on any atom is 0.352 e. The summed E-state index contributed by atoms with van der Waals surface area (Å²) in [7, 11) is 1.97. The van der Waals surface area contributed by atoms with Gasteiger partial charge < -0.3 is 13.9 Å². The molecule has 4 heteroatoms. The first kappa shape index (κ1) is 22.3.